The molecule has 0 amide bonds. The Labute approximate surface area is 114 Å². The first-order chi connectivity index (χ1) is 7.25. The van der Waals surface area contributed by atoms with Gasteiger partial charge in [-0.05, 0) is 18.6 Å². The summed E-state index contributed by atoms with van der Waals surface area (Å²) in [5, 5.41) is 0. The van der Waals surface area contributed by atoms with Crippen molar-refractivity contribution in [2.75, 3.05) is 13.6 Å². The molecule has 1 heterocycles. The molecular weight excluding hydrogens is 334 g/mol. The molecule has 0 aliphatic heterocycles. The number of hydrogen-bond acceptors (Lipinski definition) is 3. The van der Waals surface area contributed by atoms with Crippen LogP contribution in [0.3, 0.4) is 0 Å². The predicted octanol–water partition coefficient (Wildman–Crippen LogP) is 3.11. The van der Waals surface area contributed by atoms with Crippen molar-refractivity contribution < 1.29 is 8.42 Å². The number of alkyl halides is 1. The van der Waals surface area contributed by atoms with Gasteiger partial charge in [0, 0.05) is 18.4 Å². The Morgan fingerprint density at radius 1 is 1.62 bits per heavy atom. The molecule has 1 unspecified atom stereocenters. The molecule has 3 nitrogen and oxygen atoms in total. The topological polar surface area (TPSA) is 37.4 Å². The largest absolute Gasteiger partial charge is 0.252 e. The van der Waals surface area contributed by atoms with E-state index in [1.165, 1.54) is 4.31 Å². The van der Waals surface area contributed by atoms with Crippen molar-refractivity contribution in [2.45, 2.75) is 22.9 Å². The van der Waals surface area contributed by atoms with Crippen LogP contribution in [0.15, 0.2) is 10.3 Å². The Morgan fingerprint density at radius 3 is 2.56 bits per heavy atom. The molecule has 7 heteroatoms. The second kappa shape index (κ2) is 5.35. The van der Waals surface area contributed by atoms with E-state index >= 15 is 0 Å². The molecule has 16 heavy (non-hydrogen) atoms. The molecule has 1 aromatic rings. The number of sulfonamides is 1. The second-order valence-corrected chi connectivity index (χ2v) is 9.08. The molecule has 0 aliphatic rings. The van der Waals surface area contributed by atoms with Gasteiger partial charge in [0.2, 0.25) is 0 Å². The van der Waals surface area contributed by atoms with Crippen molar-refractivity contribution in [1.29, 1.82) is 0 Å². The molecule has 0 bridgehead atoms. The maximum Gasteiger partial charge on any atom is 0.252 e. The lowest BCUT2D eigenvalue weighted by atomic mass is 10.4. The van der Waals surface area contributed by atoms with Gasteiger partial charge < -0.3 is 0 Å². The monoisotopic (exact) mass is 345 g/mol. The minimum Gasteiger partial charge on any atom is -0.206 e. The molecule has 0 radical (unpaired) electrons. The van der Waals surface area contributed by atoms with Gasteiger partial charge in [-0.2, -0.15) is 4.31 Å². The van der Waals surface area contributed by atoms with Gasteiger partial charge in [-0.15, -0.1) is 11.3 Å². The summed E-state index contributed by atoms with van der Waals surface area (Å²) in [5.74, 6) is 0. The van der Waals surface area contributed by atoms with Crippen LogP contribution in [-0.2, 0) is 10.0 Å². The Morgan fingerprint density at radius 2 is 2.19 bits per heavy atom. The molecule has 0 saturated heterocycles. The average molecular weight is 347 g/mol. The molecule has 0 aromatic carbocycles. The number of rotatable bonds is 4. The normalized spacial score (nSPS) is 14.4. The van der Waals surface area contributed by atoms with Gasteiger partial charge in [0.15, 0.2) is 0 Å². The molecule has 0 N–H and O–H groups in total. The molecule has 1 rings (SSSR count). The highest BCUT2D eigenvalue weighted by Crippen LogP contribution is 2.31. The van der Waals surface area contributed by atoms with E-state index in [0.29, 0.717) is 15.1 Å². The van der Waals surface area contributed by atoms with Crippen LogP contribution in [-0.4, -0.2) is 31.1 Å². The zero-order chi connectivity index (χ0) is 12.5. The Hall–Kier alpha value is 0.380. The first-order valence-electron chi connectivity index (χ1n) is 4.61. The van der Waals surface area contributed by atoms with E-state index in [2.05, 4.69) is 15.9 Å². The third-order valence-electron chi connectivity index (χ3n) is 2.01. The van der Waals surface area contributed by atoms with Crippen LogP contribution in [0.1, 0.15) is 12.5 Å². The molecule has 0 aliphatic carbocycles. The first kappa shape index (κ1) is 14.4. The number of halogens is 2. The first-order valence-corrected chi connectivity index (χ1v) is 8.16. The quantitative estimate of drug-likeness (QED) is 0.786. The summed E-state index contributed by atoms with van der Waals surface area (Å²) in [7, 11) is -1.83. The van der Waals surface area contributed by atoms with Crippen molar-refractivity contribution in [3.05, 3.63) is 16.0 Å². The summed E-state index contributed by atoms with van der Waals surface area (Å²) < 4.78 is 26.3. The van der Waals surface area contributed by atoms with Gasteiger partial charge in [0.1, 0.15) is 4.21 Å². The number of aryl methyl sites for hydroxylation is 1. The number of hydrogen-bond donors (Lipinski definition) is 0. The molecule has 92 valence electrons. The fraction of sp³-hybridized carbons (Fsp3) is 0.556. The summed E-state index contributed by atoms with van der Waals surface area (Å²) in [6, 6.07) is 1.61. The van der Waals surface area contributed by atoms with Gasteiger partial charge >= 0.3 is 0 Å². The molecular formula is C9H13BrClNO2S2. The standard InChI is InChI=1S/C9H13BrClNO2S2/c1-6-4-8(15-9(6)11)16(13,14)12(3)5-7(2)10/h4,7H,5H2,1-3H3. The van der Waals surface area contributed by atoms with Crippen molar-refractivity contribution >= 4 is 48.9 Å². The fourth-order valence-corrected chi connectivity index (χ4v) is 4.97. The maximum absolute atomic E-state index is 12.1. The van der Waals surface area contributed by atoms with E-state index in [1.54, 1.807) is 20.0 Å². The highest BCUT2D eigenvalue weighted by molar-refractivity contribution is 9.09. The summed E-state index contributed by atoms with van der Waals surface area (Å²) in [5.41, 5.74) is 0.797. The van der Waals surface area contributed by atoms with Crippen molar-refractivity contribution in [3.63, 3.8) is 0 Å². The zero-order valence-corrected chi connectivity index (χ0v) is 13.2. The maximum atomic E-state index is 12.1. The van der Waals surface area contributed by atoms with Crippen LogP contribution < -0.4 is 0 Å². The van der Waals surface area contributed by atoms with Crippen LogP contribution in [0.2, 0.25) is 4.34 Å². The predicted molar refractivity (Wildman–Crippen MR) is 72.3 cm³/mol. The van der Waals surface area contributed by atoms with Crippen molar-refractivity contribution in [1.82, 2.24) is 4.31 Å². The van der Waals surface area contributed by atoms with E-state index in [9.17, 15) is 8.42 Å². The molecule has 1 atom stereocenters. The number of thiophene rings is 1. The summed E-state index contributed by atoms with van der Waals surface area (Å²) in [6.07, 6.45) is 0. The van der Waals surface area contributed by atoms with Crippen LogP contribution in [0.5, 0.6) is 0 Å². The highest BCUT2D eigenvalue weighted by atomic mass is 79.9. The lowest BCUT2D eigenvalue weighted by molar-refractivity contribution is 0.475. The van der Waals surface area contributed by atoms with Crippen LogP contribution in [0.4, 0.5) is 0 Å². The number of nitrogens with zero attached hydrogens (tertiary/aromatic N) is 1. The lowest BCUT2D eigenvalue weighted by Gasteiger charge is -2.17. The highest BCUT2D eigenvalue weighted by Gasteiger charge is 2.24. The van der Waals surface area contributed by atoms with Gasteiger partial charge in [-0.25, -0.2) is 8.42 Å². The van der Waals surface area contributed by atoms with Crippen molar-refractivity contribution in [3.8, 4) is 0 Å². The van der Waals surface area contributed by atoms with E-state index in [1.807, 2.05) is 6.92 Å². The molecule has 1 aromatic heterocycles. The Kier molecular flexibility index (Phi) is 4.83. The van der Waals surface area contributed by atoms with E-state index in [-0.39, 0.29) is 4.83 Å². The third kappa shape index (κ3) is 3.20. The average Bonchev–Trinajstić information content (AvgIpc) is 2.46. The third-order valence-corrected chi connectivity index (χ3v) is 6.13. The summed E-state index contributed by atoms with van der Waals surface area (Å²) in [6.45, 7) is 4.13. The molecule has 0 saturated carbocycles. The molecule has 0 fully saturated rings. The summed E-state index contributed by atoms with van der Waals surface area (Å²) in [4.78, 5) is 0.115. The van der Waals surface area contributed by atoms with Gasteiger partial charge in [0.25, 0.3) is 10.0 Å². The SMILES string of the molecule is Cc1cc(S(=O)(=O)N(C)CC(C)Br)sc1Cl. The van der Waals surface area contributed by atoms with Crippen LogP contribution in [0, 0.1) is 6.92 Å². The van der Waals surface area contributed by atoms with Gasteiger partial charge in [-0.3, -0.25) is 0 Å². The van der Waals surface area contributed by atoms with Crippen LogP contribution in [0.25, 0.3) is 0 Å². The fourth-order valence-electron chi connectivity index (χ4n) is 1.16. The second-order valence-electron chi connectivity index (χ2n) is 3.59. The van der Waals surface area contributed by atoms with E-state index in [4.69, 9.17) is 11.6 Å². The smallest absolute Gasteiger partial charge is 0.206 e. The minimum absolute atomic E-state index is 0.115. The van der Waals surface area contributed by atoms with E-state index in [0.717, 1.165) is 16.9 Å². The summed E-state index contributed by atoms with van der Waals surface area (Å²) >= 11 is 10.3. The van der Waals surface area contributed by atoms with Crippen molar-refractivity contribution in [2.24, 2.45) is 0 Å². The van der Waals surface area contributed by atoms with Crippen LogP contribution >= 0.6 is 38.9 Å². The molecule has 0 spiro atoms. The lowest BCUT2D eigenvalue weighted by Crippen LogP contribution is -2.30. The zero-order valence-electron chi connectivity index (χ0n) is 9.20. The Bertz CT molecular complexity index is 450. The van der Waals surface area contributed by atoms with E-state index < -0.39 is 10.0 Å². The van der Waals surface area contributed by atoms with Gasteiger partial charge in [0.05, 0.1) is 4.34 Å². The van der Waals surface area contributed by atoms with Gasteiger partial charge in [-0.1, -0.05) is 34.5 Å². The minimum atomic E-state index is -3.40. The Balaban J connectivity index is 3.02.